The van der Waals surface area contributed by atoms with Gasteiger partial charge in [0.25, 0.3) is 0 Å². The summed E-state index contributed by atoms with van der Waals surface area (Å²) < 4.78 is 0. The number of nitrogens with one attached hydrogen (secondary N) is 1. The average molecular weight is 227 g/mol. The highest BCUT2D eigenvalue weighted by atomic mass is 16.3. The Morgan fingerprint density at radius 2 is 1.75 bits per heavy atom. The number of hydrogen-bond acceptors (Lipinski definition) is 2. The molecule has 0 radical (unpaired) electrons. The predicted octanol–water partition coefficient (Wildman–Crippen LogP) is 2.95. The van der Waals surface area contributed by atoms with Crippen LogP contribution in [-0.4, -0.2) is 23.3 Å². The van der Waals surface area contributed by atoms with Gasteiger partial charge in [0.2, 0.25) is 0 Å². The molecule has 0 saturated heterocycles. The number of hydrogen-bond donors (Lipinski definition) is 2. The van der Waals surface area contributed by atoms with Crippen LogP contribution in [0.15, 0.2) is 0 Å². The predicted molar refractivity (Wildman–Crippen MR) is 69.5 cm³/mol. The fourth-order valence-corrected chi connectivity index (χ4v) is 3.00. The number of rotatable bonds is 3. The Bertz CT molecular complexity index is 209. The fourth-order valence-electron chi connectivity index (χ4n) is 3.00. The SMILES string of the molecule is CC(C)NC1(CO)CCC(C(C)(C)C)CC1. The van der Waals surface area contributed by atoms with Crippen molar-refractivity contribution in [3.05, 3.63) is 0 Å². The number of aliphatic hydroxyl groups excluding tert-OH is 1. The summed E-state index contributed by atoms with van der Waals surface area (Å²) in [7, 11) is 0. The molecule has 96 valence electrons. The Balaban J connectivity index is 2.57. The minimum Gasteiger partial charge on any atom is -0.394 e. The lowest BCUT2D eigenvalue weighted by molar-refractivity contribution is 0.0638. The van der Waals surface area contributed by atoms with Crippen LogP contribution >= 0.6 is 0 Å². The van der Waals surface area contributed by atoms with Crippen molar-refractivity contribution >= 4 is 0 Å². The molecule has 0 amide bonds. The van der Waals surface area contributed by atoms with E-state index in [0.717, 1.165) is 18.8 Å². The van der Waals surface area contributed by atoms with Crippen LogP contribution in [0.3, 0.4) is 0 Å². The lowest BCUT2D eigenvalue weighted by Crippen LogP contribution is -2.54. The third kappa shape index (κ3) is 3.46. The summed E-state index contributed by atoms with van der Waals surface area (Å²) in [6, 6.07) is 0.457. The van der Waals surface area contributed by atoms with Crippen LogP contribution < -0.4 is 5.32 Å². The highest BCUT2D eigenvalue weighted by Gasteiger charge is 2.38. The van der Waals surface area contributed by atoms with E-state index in [2.05, 4.69) is 39.9 Å². The Hall–Kier alpha value is -0.0800. The van der Waals surface area contributed by atoms with Crippen molar-refractivity contribution < 1.29 is 5.11 Å². The van der Waals surface area contributed by atoms with Gasteiger partial charge in [-0.3, -0.25) is 0 Å². The standard InChI is InChI=1S/C14H29NO/c1-11(2)15-14(10-16)8-6-12(7-9-14)13(3,4)5/h11-12,15-16H,6-10H2,1-5H3. The van der Waals surface area contributed by atoms with Crippen LogP contribution in [-0.2, 0) is 0 Å². The molecule has 16 heavy (non-hydrogen) atoms. The molecule has 1 fully saturated rings. The van der Waals surface area contributed by atoms with E-state index in [4.69, 9.17) is 0 Å². The van der Waals surface area contributed by atoms with Gasteiger partial charge in [0.15, 0.2) is 0 Å². The summed E-state index contributed by atoms with van der Waals surface area (Å²) in [5, 5.41) is 13.2. The number of aliphatic hydroxyl groups is 1. The third-order valence-electron chi connectivity index (χ3n) is 4.06. The Morgan fingerprint density at radius 1 is 1.25 bits per heavy atom. The molecule has 0 atom stereocenters. The molecule has 0 spiro atoms. The van der Waals surface area contributed by atoms with Crippen molar-refractivity contribution in [1.82, 2.24) is 5.32 Å². The van der Waals surface area contributed by atoms with E-state index >= 15 is 0 Å². The fraction of sp³-hybridized carbons (Fsp3) is 1.00. The molecule has 0 aromatic rings. The van der Waals surface area contributed by atoms with Gasteiger partial charge in [-0.05, 0) is 37.0 Å². The maximum atomic E-state index is 9.62. The first-order valence-electron chi connectivity index (χ1n) is 6.68. The summed E-state index contributed by atoms with van der Waals surface area (Å²) in [5.74, 6) is 0.807. The Labute approximate surface area is 101 Å². The van der Waals surface area contributed by atoms with Gasteiger partial charge in [0.1, 0.15) is 0 Å². The summed E-state index contributed by atoms with van der Waals surface area (Å²) in [6.45, 7) is 11.6. The van der Waals surface area contributed by atoms with Crippen LogP contribution in [0.2, 0.25) is 0 Å². The van der Waals surface area contributed by atoms with E-state index in [0.29, 0.717) is 11.5 Å². The van der Waals surface area contributed by atoms with Gasteiger partial charge in [-0.1, -0.05) is 34.6 Å². The molecule has 2 heteroatoms. The van der Waals surface area contributed by atoms with Gasteiger partial charge < -0.3 is 10.4 Å². The molecule has 0 heterocycles. The van der Waals surface area contributed by atoms with Gasteiger partial charge in [-0.15, -0.1) is 0 Å². The van der Waals surface area contributed by atoms with E-state index in [-0.39, 0.29) is 12.1 Å². The molecule has 1 rings (SSSR count). The zero-order valence-corrected chi connectivity index (χ0v) is 11.6. The van der Waals surface area contributed by atoms with Crippen LogP contribution in [0.25, 0.3) is 0 Å². The lowest BCUT2D eigenvalue weighted by atomic mass is 9.67. The van der Waals surface area contributed by atoms with Crippen LogP contribution in [0.4, 0.5) is 0 Å². The highest BCUT2D eigenvalue weighted by Crippen LogP contribution is 2.41. The molecule has 0 aliphatic heterocycles. The third-order valence-corrected chi connectivity index (χ3v) is 4.06. The quantitative estimate of drug-likeness (QED) is 0.777. The van der Waals surface area contributed by atoms with Gasteiger partial charge in [-0.25, -0.2) is 0 Å². The molecule has 2 nitrogen and oxygen atoms in total. The van der Waals surface area contributed by atoms with E-state index in [1.54, 1.807) is 0 Å². The van der Waals surface area contributed by atoms with Crippen LogP contribution in [0.1, 0.15) is 60.3 Å². The van der Waals surface area contributed by atoms with E-state index in [9.17, 15) is 5.11 Å². The first kappa shape index (κ1) is 14.0. The van der Waals surface area contributed by atoms with Crippen molar-refractivity contribution in [1.29, 1.82) is 0 Å². The Kier molecular flexibility index (Phi) is 4.42. The first-order chi connectivity index (χ1) is 7.29. The molecular weight excluding hydrogens is 198 g/mol. The second-order valence-corrected chi connectivity index (χ2v) is 6.88. The van der Waals surface area contributed by atoms with Crippen molar-refractivity contribution in [3.8, 4) is 0 Å². The molecule has 0 aromatic heterocycles. The largest absolute Gasteiger partial charge is 0.394 e. The zero-order chi connectivity index (χ0) is 12.4. The molecular formula is C14H29NO. The maximum Gasteiger partial charge on any atom is 0.0613 e. The van der Waals surface area contributed by atoms with Gasteiger partial charge in [-0.2, -0.15) is 0 Å². The monoisotopic (exact) mass is 227 g/mol. The molecule has 0 bridgehead atoms. The minimum absolute atomic E-state index is 0.00405. The topological polar surface area (TPSA) is 32.3 Å². The van der Waals surface area contributed by atoms with E-state index in [1.807, 2.05) is 0 Å². The first-order valence-corrected chi connectivity index (χ1v) is 6.68. The van der Waals surface area contributed by atoms with Gasteiger partial charge >= 0.3 is 0 Å². The second kappa shape index (κ2) is 5.05. The molecule has 2 N–H and O–H groups in total. The van der Waals surface area contributed by atoms with Crippen molar-refractivity contribution in [2.24, 2.45) is 11.3 Å². The molecule has 0 unspecified atom stereocenters. The smallest absolute Gasteiger partial charge is 0.0613 e. The van der Waals surface area contributed by atoms with Crippen molar-refractivity contribution in [2.45, 2.75) is 71.9 Å². The van der Waals surface area contributed by atoms with Crippen LogP contribution in [0, 0.1) is 11.3 Å². The maximum absolute atomic E-state index is 9.62. The Morgan fingerprint density at radius 3 is 2.06 bits per heavy atom. The highest BCUT2D eigenvalue weighted by molar-refractivity contribution is 4.95. The summed E-state index contributed by atoms with van der Waals surface area (Å²) in [5.41, 5.74) is 0.412. The van der Waals surface area contributed by atoms with E-state index < -0.39 is 0 Å². The summed E-state index contributed by atoms with van der Waals surface area (Å²) in [4.78, 5) is 0. The summed E-state index contributed by atoms with van der Waals surface area (Å²) in [6.07, 6.45) is 4.71. The zero-order valence-electron chi connectivity index (χ0n) is 11.6. The van der Waals surface area contributed by atoms with E-state index in [1.165, 1.54) is 12.8 Å². The molecule has 1 aliphatic rings. The van der Waals surface area contributed by atoms with Gasteiger partial charge in [0, 0.05) is 11.6 Å². The second-order valence-electron chi connectivity index (χ2n) is 6.88. The summed E-state index contributed by atoms with van der Waals surface area (Å²) >= 11 is 0. The van der Waals surface area contributed by atoms with Crippen molar-refractivity contribution in [2.75, 3.05) is 6.61 Å². The normalized spacial score (nSPS) is 32.1. The minimum atomic E-state index is -0.00405. The van der Waals surface area contributed by atoms with Crippen molar-refractivity contribution in [3.63, 3.8) is 0 Å². The van der Waals surface area contributed by atoms with Crippen LogP contribution in [0.5, 0.6) is 0 Å². The molecule has 1 aliphatic carbocycles. The molecule has 1 saturated carbocycles. The molecule has 0 aromatic carbocycles. The lowest BCUT2D eigenvalue weighted by Gasteiger charge is -2.44. The van der Waals surface area contributed by atoms with Gasteiger partial charge in [0.05, 0.1) is 6.61 Å². The average Bonchev–Trinajstić information content (AvgIpc) is 2.16.